The van der Waals surface area contributed by atoms with Crippen LogP contribution in [0.4, 0.5) is 11.5 Å². The molecule has 1 N–H and O–H groups in total. The van der Waals surface area contributed by atoms with Crippen LogP contribution in [0.25, 0.3) is 0 Å². The molecule has 5 nitrogen and oxygen atoms in total. The van der Waals surface area contributed by atoms with Gasteiger partial charge in [0.2, 0.25) is 5.91 Å². The monoisotopic (exact) mass is 366 g/mol. The highest BCUT2D eigenvalue weighted by Crippen LogP contribution is 2.19. The largest absolute Gasteiger partial charge is 0.357 e. The fraction of sp³-hybridized carbons (Fsp3) is 0.350. The van der Waals surface area contributed by atoms with Gasteiger partial charge in [-0.1, -0.05) is 12.1 Å². The van der Waals surface area contributed by atoms with Crippen LogP contribution < -0.4 is 10.2 Å². The van der Waals surface area contributed by atoms with E-state index in [2.05, 4.69) is 21.3 Å². The summed E-state index contributed by atoms with van der Waals surface area (Å²) in [5.74, 6) is 2.08. The molecule has 0 radical (unpaired) electrons. The molecule has 2 heterocycles. The molecule has 134 valence electrons. The number of benzene rings is 1. The molecule has 0 aliphatic carbocycles. The van der Waals surface area contributed by atoms with Gasteiger partial charge in [-0.15, -0.1) is 11.8 Å². The molecule has 1 amide bonds. The van der Waals surface area contributed by atoms with Gasteiger partial charge in [0.1, 0.15) is 5.82 Å². The summed E-state index contributed by atoms with van der Waals surface area (Å²) >= 11 is 1.55. The number of piperidine rings is 1. The zero-order chi connectivity index (χ0) is 18.2. The maximum Gasteiger partial charge on any atom is 0.234 e. The van der Waals surface area contributed by atoms with Gasteiger partial charge in [-0.05, 0) is 49.1 Å². The zero-order valence-electron chi connectivity index (χ0n) is 14.6. The van der Waals surface area contributed by atoms with Crippen molar-refractivity contribution in [3.05, 3.63) is 53.7 Å². The lowest BCUT2D eigenvalue weighted by Gasteiger charge is -2.27. The minimum absolute atomic E-state index is 0.0313. The number of pyridine rings is 1. The third kappa shape index (κ3) is 5.24. The normalized spacial score (nSPS) is 13.9. The maximum atomic E-state index is 12.1. The van der Waals surface area contributed by atoms with Crippen LogP contribution in [0.5, 0.6) is 0 Å². The van der Waals surface area contributed by atoms with Gasteiger partial charge in [-0.2, -0.15) is 5.26 Å². The number of carbonyl (C=O) groups excluding carboxylic acids is 1. The Balaban J connectivity index is 1.43. The summed E-state index contributed by atoms with van der Waals surface area (Å²) in [6.07, 6.45) is 5.46. The molecule has 0 saturated carbocycles. The predicted octanol–water partition coefficient (Wildman–Crippen LogP) is 3.82. The SMILES string of the molecule is N#Cc1ccc(CSCC(=O)Nc2ccc(N3CCCCC3)nc2)cc1. The van der Waals surface area contributed by atoms with Crippen LogP contribution in [0.1, 0.15) is 30.4 Å². The van der Waals surface area contributed by atoms with Gasteiger partial charge < -0.3 is 10.2 Å². The summed E-state index contributed by atoms with van der Waals surface area (Å²) in [6.45, 7) is 2.12. The molecule has 1 aromatic heterocycles. The summed E-state index contributed by atoms with van der Waals surface area (Å²) in [7, 11) is 0. The standard InChI is InChI=1S/C20H22N4OS/c21-12-16-4-6-17(7-5-16)14-26-15-20(25)23-18-8-9-19(22-13-18)24-10-2-1-3-11-24/h4-9,13H,1-3,10-11,14-15H2,(H,23,25). The van der Waals surface area contributed by atoms with Crippen LogP contribution in [0.3, 0.4) is 0 Å². The van der Waals surface area contributed by atoms with Crippen molar-refractivity contribution in [2.45, 2.75) is 25.0 Å². The molecular weight excluding hydrogens is 344 g/mol. The molecule has 0 unspecified atom stereocenters. The highest BCUT2D eigenvalue weighted by Gasteiger charge is 2.12. The van der Waals surface area contributed by atoms with Crippen molar-refractivity contribution in [2.24, 2.45) is 0 Å². The van der Waals surface area contributed by atoms with Crippen molar-refractivity contribution in [3.63, 3.8) is 0 Å². The van der Waals surface area contributed by atoms with E-state index >= 15 is 0 Å². The second kappa shape index (κ2) is 9.25. The molecular formula is C20H22N4OS. The molecule has 1 fully saturated rings. The zero-order valence-corrected chi connectivity index (χ0v) is 15.5. The highest BCUT2D eigenvalue weighted by molar-refractivity contribution is 7.99. The number of anilines is 2. The van der Waals surface area contributed by atoms with E-state index in [4.69, 9.17) is 5.26 Å². The van der Waals surface area contributed by atoms with E-state index in [1.807, 2.05) is 24.3 Å². The molecule has 1 aromatic carbocycles. The lowest BCUT2D eigenvalue weighted by Crippen LogP contribution is -2.30. The van der Waals surface area contributed by atoms with E-state index in [-0.39, 0.29) is 5.91 Å². The predicted molar refractivity (Wildman–Crippen MR) is 106 cm³/mol. The Labute approximate surface area is 158 Å². The highest BCUT2D eigenvalue weighted by atomic mass is 32.2. The van der Waals surface area contributed by atoms with E-state index < -0.39 is 0 Å². The molecule has 0 bridgehead atoms. The lowest BCUT2D eigenvalue weighted by atomic mass is 10.1. The number of rotatable bonds is 6. The van der Waals surface area contributed by atoms with Crippen LogP contribution in [0.15, 0.2) is 42.6 Å². The Hall–Kier alpha value is -2.52. The van der Waals surface area contributed by atoms with Crippen molar-refractivity contribution in [1.29, 1.82) is 5.26 Å². The Morgan fingerprint density at radius 3 is 2.58 bits per heavy atom. The van der Waals surface area contributed by atoms with E-state index in [1.54, 1.807) is 30.1 Å². The summed E-state index contributed by atoms with van der Waals surface area (Å²) in [5.41, 5.74) is 2.49. The van der Waals surface area contributed by atoms with Crippen LogP contribution in [-0.2, 0) is 10.5 Å². The topological polar surface area (TPSA) is 69.0 Å². The Morgan fingerprint density at radius 1 is 1.15 bits per heavy atom. The van der Waals surface area contributed by atoms with E-state index in [1.165, 1.54) is 19.3 Å². The number of carbonyl (C=O) groups is 1. The average molecular weight is 366 g/mol. The van der Waals surface area contributed by atoms with Crippen molar-refractivity contribution in [1.82, 2.24) is 4.98 Å². The van der Waals surface area contributed by atoms with Crippen molar-refractivity contribution >= 4 is 29.2 Å². The first-order chi connectivity index (χ1) is 12.7. The molecule has 26 heavy (non-hydrogen) atoms. The summed E-state index contributed by atoms with van der Waals surface area (Å²) in [5, 5.41) is 11.7. The number of nitriles is 1. The third-order valence-electron chi connectivity index (χ3n) is 4.30. The van der Waals surface area contributed by atoms with Crippen molar-refractivity contribution in [2.75, 3.05) is 29.1 Å². The van der Waals surface area contributed by atoms with Crippen LogP contribution in [0, 0.1) is 11.3 Å². The molecule has 1 aliphatic rings. The first-order valence-electron chi connectivity index (χ1n) is 8.82. The molecule has 1 aliphatic heterocycles. The van der Waals surface area contributed by atoms with Crippen LogP contribution in [0.2, 0.25) is 0 Å². The van der Waals surface area contributed by atoms with Gasteiger partial charge >= 0.3 is 0 Å². The summed E-state index contributed by atoms with van der Waals surface area (Å²) in [6, 6.07) is 13.4. The quantitative estimate of drug-likeness (QED) is 0.842. The maximum absolute atomic E-state index is 12.1. The number of hydrogen-bond acceptors (Lipinski definition) is 5. The first kappa shape index (κ1) is 18.3. The molecule has 6 heteroatoms. The van der Waals surface area contributed by atoms with Gasteiger partial charge in [-0.25, -0.2) is 4.98 Å². The van der Waals surface area contributed by atoms with Gasteiger partial charge in [0.05, 0.1) is 29.3 Å². The minimum atomic E-state index is -0.0313. The lowest BCUT2D eigenvalue weighted by molar-refractivity contribution is -0.113. The molecule has 2 aromatic rings. The van der Waals surface area contributed by atoms with E-state index in [0.29, 0.717) is 11.3 Å². The van der Waals surface area contributed by atoms with E-state index in [9.17, 15) is 4.79 Å². The fourth-order valence-corrected chi connectivity index (χ4v) is 3.69. The average Bonchev–Trinajstić information content (AvgIpc) is 2.70. The summed E-state index contributed by atoms with van der Waals surface area (Å²) < 4.78 is 0. The number of nitrogens with one attached hydrogen (secondary N) is 1. The molecule has 0 atom stereocenters. The summed E-state index contributed by atoms with van der Waals surface area (Å²) in [4.78, 5) is 18.8. The third-order valence-corrected chi connectivity index (χ3v) is 5.30. The number of aromatic nitrogens is 1. The second-order valence-corrected chi connectivity index (χ2v) is 7.29. The number of nitrogens with zero attached hydrogens (tertiary/aromatic N) is 3. The Kier molecular flexibility index (Phi) is 6.50. The number of hydrogen-bond donors (Lipinski definition) is 1. The van der Waals surface area contributed by atoms with Crippen molar-refractivity contribution in [3.8, 4) is 6.07 Å². The number of amides is 1. The number of thioether (sulfide) groups is 1. The molecule has 3 rings (SSSR count). The first-order valence-corrected chi connectivity index (χ1v) is 9.98. The second-order valence-electron chi connectivity index (χ2n) is 6.30. The fourth-order valence-electron chi connectivity index (χ4n) is 2.90. The van der Waals surface area contributed by atoms with Gasteiger partial charge in [0, 0.05) is 18.8 Å². The van der Waals surface area contributed by atoms with E-state index in [0.717, 1.165) is 35.9 Å². The Morgan fingerprint density at radius 2 is 1.92 bits per heavy atom. The van der Waals surface area contributed by atoms with Crippen molar-refractivity contribution < 1.29 is 4.79 Å². The van der Waals surface area contributed by atoms with Crippen LogP contribution >= 0.6 is 11.8 Å². The smallest absolute Gasteiger partial charge is 0.234 e. The Bertz CT molecular complexity index is 762. The minimum Gasteiger partial charge on any atom is -0.357 e. The van der Waals surface area contributed by atoms with Gasteiger partial charge in [-0.3, -0.25) is 4.79 Å². The molecule has 0 spiro atoms. The molecule has 1 saturated heterocycles. The van der Waals surface area contributed by atoms with Gasteiger partial charge in [0.15, 0.2) is 0 Å². The van der Waals surface area contributed by atoms with Crippen LogP contribution in [-0.4, -0.2) is 29.7 Å². The van der Waals surface area contributed by atoms with Gasteiger partial charge in [0.25, 0.3) is 0 Å².